The predicted molar refractivity (Wildman–Crippen MR) is 155 cm³/mol. The zero-order valence-electron chi connectivity index (χ0n) is 24.1. The smallest absolute Gasteiger partial charge is 0.412 e. The first kappa shape index (κ1) is 31.2. The molecule has 0 radical (unpaired) electrons. The van der Waals surface area contributed by atoms with Gasteiger partial charge in [0.2, 0.25) is 0 Å². The molecule has 0 spiro atoms. The number of halogens is 2. The third-order valence-electron chi connectivity index (χ3n) is 6.16. The molecule has 0 aromatic heterocycles. The second kappa shape index (κ2) is 13.3. The van der Waals surface area contributed by atoms with Crippen LogP contribution in [0.25, 0.3) is 0 Å². The molecular formula is C29H37BrFN3O6. The Bertz CT molecular complexity index is 1290. The number of ketones is 1. The average Bonchev–Trinajstić information content (AvgIpc) is 3.23. The molecule has 218 valence electrons. The molecule has 0 saturated carbocycles. The van der Waals surface area contributed by atoms with Crippen molar-refractivity contribution in [3.8, 4) is 23.0 Å². The van der Waals surface area contributed by atoms with Gasteiger partial charge in [0.1, 0.15) is 5.84 Å². The molecule has 11 heteroatoms. The van der Waals surface area contributed by atoms with Crippen molar-refractivity contribution in [2.75, 3.05) is 32.9 Å². The molecular weight excluding hydrogens is 585 g/mol. The lowest BCUT2D eigenvalue weighted by Gasteiger charge is -2.25. The van der Waals surface area contributed by atoms with Crippen molar-refractivity contribution < 1.29 is 32.9 Å². The molecule has 0 atom stereocenters. The summed E-state index contributed by atoms with van der Waals surface area (Å²) in [5.74, 6) is 0.330. The summed E-state index contributed by atoms with van der Waals surface area (Å²) in [7, 11) is 0. The number of carbonyl (C=O) groups excluding carboxylic acids is 2. The van der Waals surface area contributed by atoms with E-state index in [1.54, 1.807) is 36.9 Å². The van der Waals surface area contributed by atoms with E-state index >= 15 is 4.39 Å². The number of nitrogens with one attached hydrogen (secondary N) is 1. The molecule has 3 rings (SSSR count). The molecule has 0 fully saturated rings. The van der Waals surface area contributed by atoms with Crippen LogP contribution in [-0.4, -0.2) is 55.5 Å². The zero-order valence-corrected chi connectivity index (χ0v) is 25.7. The number of carbonyl (C=O) groups is 2. The SMILES string of the molecule is CCNC(=O)Oc1c(OCC)cc(C(=O)CN2Cc3cc(OCC)c(OCC)c(F)c3C2=NBr)cc1C(C)(C)C. The monoisotopic (exact) mass is 621 g/mol. The lowest BCUT2D eigenvalue weighted by Crippen LogP contribution is -2.31. The summed E-state index contributed by atoms with van der Waals surface area (Å²) in [5, 5.41) is 2.62. The third kappa shape index (κ3) is 6.68. The van der Waals surface area contributed by atoms with Crippen LogP contribution in [0.3, 0.4) is 0 Å². The molecule has 0 unspecified atom stereocenters. The number of fused-ring (bicyclic) bond motifs is 1. The second-order valence-corrected chi connectivity index (χ2v) is 10.4. The Balaban J connectivity index is 2.01. The minimum atomic E-state index is -0.610. The van der Waals surface area contributed by atoms with Gasteiger partial charge in [0.25, 0.3) is 0 Å². The van der Waals surface area contributed by atoms with Crippen LogP contribution in [-0.2, 0) is 12.0 Å². The Hall–Kier alpha value is -3.34. The highest BCUT2D eigenvalue weighted by Gasteiger charge is 2.35. The summed E-state index contributed by atoms with van der Waals surface area (Å²) < 4.78 is 42.4. The first-order valence-electron chi connectivity index (χ1n) is 13.4. The van der Waals surface area contributed by atoms with Crippen LogP contribution >= 0.6 is 16.1 Å². The van der Waals surface area contributed by atoms with E-state index in [2.05, 4.69) is 25.5 Å². The number of nitrogens with zero attached hydrogens (tertiary/aromatic N) is 2. The zero-order chi connectivity index (χ0) is 29.6. The standard InChI is InChI=1S/C29H37BrFN3O6/c1-8-32-28(36)40-25-19(29(5,6)7)12-17(13-21(25)37-9-2)20(35)16-34-15-18-14-22(38-10-3)26(39-11-4)24(31)23(18)27(34)33-30/h12-14H,8-11,15-16H2,1-7H3,(H,32,36). The number of hydrogen-bond donors (Lipinski definition) is 1. The number of Topliss-reactive ketones (excluding diaryl/α,β-unsaturated/α-hetero) is 1. The van der Waals surface area contributed by atoms with Crippen LogP contribution in [0, 0.1) is 5.82 Å². The highest BCUT2D eigenvalue weighted by atomic mass is 79.9. The normalized spacial score (nSPS) is 13.7. The molecule has 1 amide bonds. The molecule has 1 aliphatic rings. The van der Waals surface area contributed by atoms with Gasteiger partial charge in [0.15, 0.2) is 34.6 Å². The highest BCUT2D eigenvalue weighted by molar-refractivity contribution is 9.08. The number of amides is 1. The van der Waals surface area contributed by atoms with Gasteiger partial charge >= 0.3 is 6.09 Å². The van der Waals surface area contributed by atoms with Crippen molar-refractivity contribution in [1.82, 2.24) is 10.2 Å². The molecule has 1 N–H and O–H groups in total. The second-order valence-electron chi connectivity index (χ2n) is 10.1. The molecule has 9 nitrogen and oxygen atoms in total. The molecule has 0 aliphatic carbocycles. The van der Waals surface area contributed by atoms with E-state index in [1.807, 2.05) is 34.6 Å². The fraction of sp³-hybridized carbons (Fsp3) is 0.483. The first-order chi connectivity index (χ1) is 19.0. The van der Waals surface area contributed by atoms with Crippen molar-refractivity contribution in [3.05, 3.63) is 46.3 Å². The summed E-state index contributed by atoms with van der Waals surface area (Å²) in [4.78, 5) is 27.7. The molecule has 1 aliphatic heterocycles. The fourth-order valence-electron chi connectivity index (χ4n) is 4.46. The van der Waals surface area contributed by atoms with E-state index in [-0.39, 0.29) is 54.1 Å². The van der Waals surface area contributed by atoms with Crippen molar-refractivity contribution >= 4 is 33.9 Å². The molecule has 0 saturated heterocycles. The van der Waals surface area contributed by atoms with Gasteiger partial charge in [-0.1, -0.05) is 20.8 Å². The van der Waals surface area contributed by atoms with Gasteiger partial charge < -0.3 is 29.2 Å². The number of amidine groups is 1. The maximum Gasteiger partial charge on any atom is 0.412 e. The topological polar surface area (TPSA) is 98.7 Å². The van der Waals surface area contributed by atoms with Gasteiger partial charge in [0.05, 0.1) is 48.1 Å². The van der Waals surface area contributed by atoms with Crippen LogP contribution in [0.5, 0.6) is 23.0 Å². The number of hydrogen-bond acceptors (Lipinski definition) is 7. The molecule has 40 heavy (non-hydrogen) atoms. The Morgan fingerprint density at radius 3 is 2.17 bits per heavy atom. The first-order valence-corrected chi connectivity index (χ1v) is 14.1. The summed E-state index contributed by atoms with van der Waals surface area (Å²) in [5.41, 5.74) is 1.41. The van der Waals surface area contributed by atoms with Crippen molar-refractivity contribution in [1.29, 1.82) is 0 Å². The van der Waals surface area contributed by atoms with E-state index in [0.29, 0.717) is 42.2 Å². The Labute approximate surface area is 243 Å². The number of ether oxygens (including phenoxy) is 4. The Morgan fingerprint density at radius 2 is 1.62 bits per heavy atom. The summed E-state index contributed by atoms with van der Waals surface area (Å²) in [6.45, 7) is 14.5. The van der Waals surface area contributed by atoms with Crippen molar-refractivity contribution in [2.45, 2.75) is 60.4 Å². The number of benzene rings is 2. The van der Waals surface area contributed by atoms with Gasteiger partial charge in [-0.2, -0.15) is 4.02 Å². The van der Waals surface area contributed by atoms with Gasteiger partial charge in [0, 0.05) is 24.2 Å². The minimum absolute atomic E-state index is 0.0174. The quantitative estimate of drug-likeness (QED) is 0.299. The van der Waals surface area contributed by atoms with Crippen LogP contribution in [0.1, 0.15) is 75.5 Å². The number of rotatable bonds is 11. The summed E-state index contributed by atoms with van der Waals surface area (Å²) in [6.07, 6.45) is -0.610. The van der Waals surface area contributed by atoms with Crippen LogP contribution in [0.15, 0.2) is 22.2 Å². The van der Waals surface area contributed by atoms with Crippen molar-refractivity contribution in [3.63, 3.8) is 0 Å². The molecule has 1 heterocycles. The predicted octanol–water partition coefficient (Wildman–Crippen LogP) is 6.18. The maximum atomic E-state index is 15.7. The van der Waals surface area contributed by atoms with E-state index in [1.165, 1.54) is 0 Å². The molecule has 2 aromatic rings. The van der Waals surface area contributed by atoms with E-state index in [4.69, 9.17) is 18.9 Å². The highest BCUT2D eigenvalue weighted by Crippen LogP contribution is 2.42. The summed E-state index contributed by atoms with van der Waals surface area (Å²) >= 11 is 3.12. The fourth-order valence-corrected chi connectivity index (χ4v) is 4.86. The van der Waals surface area contributed by atoms with Gasteiger partial charge in [-0.05, 0) is 56.9 Å². The van der Waals surface area contributed by atoms with Crippen LogP contribution in [0.4, 0.5) is 9.18 Å². The van der Waals surface area contributed by atoms with Gasteiger partial charge in [-0.25, -0.2) is 9.18 Å². The average molecular weight is 623 g/mol. The van der Waals surface area contributed by atoms with E-state index < -0.39 is 17.3 Å². The van der Waals surface area contributed by atoms with Crippen LogP contribution < -0.4 is 24.3 Å². The third-order valence-corrected chi connectivity index (χ3v) is 6.49. The molecule has 0 bridgehead atoms. The Morgan fingerprint density at radius 1 is 1.00 bits per heavy atom. The maximum absolute atomic E-state index is 15.7. The van der Waals surface area contributed by atoms with Crippen molar-refractivity contribution in [2.24, 2.45) is 4.02 Å². The minimum Gasteiger partial charge on any atom is -0.490 e. The Kier molecular flexibility index (Phi) is 10.4. The molecule has 2 aromatic carbocycles. The van der Waals surface area contributed by atoms with Crippen LogP contribution in [0.2, 0.25) is 0 Å². The van der Waals surface area contributed by atoms with E-state index in [9.17, 15) is 9.59 Å². The lowest BCUT2D eigenvalue weighted by molar-refractivity contribution is 0.0962. The van der Waals surface area contributed by atoms with E-state index in [0.717, 1.165) is 0 Å². The van der Waals surface area contributed by atoms with Gasteiger partial charge in [-0.15, -0.1) is 0 Å². The summed E-state index contributed by atoms with van der Waals surface area (Å²) in [6, 6.07) is 5.02. The van der Waals surface area contributed by atoms with Gasteiger partial charge in [-0.3, -0.25) is 4.79 Å². The lowest BCUT2D eigenvalue weighted by atomic mass is 9.84. The largest absolute Gasteiger partial charge is 0.490 e.